The van der Waals surface area contributed by atoms with E-state index in [1.807, 2.05) is 6.20 Å². The Balaban J connectivity index is 2.39. The van der Waals surface area contributed by atoms with Crippen LogP contribution in [-0.2, 0) is 13.1 Å². The van der Waals surface area contributed by atoms with Gasteiger partial charge in [-0.3, -0.25) is 0 Å². The molecule has 0 bridgehead atoms. The Morgan fingerprint density at radius 3 is 3.00 bits per heavy atom. The minimum absolute atomic E-state index is 0.427. The first-order valence-electron chi connectivity index (χ1n) is 4.33. The van der Waals surface area contributed by atoms with Gasteiger partial charge in [-0.2, -0.15) is 0 Å². The molecular formula is C9H13N3. The normalized spacial score (nSPS) is 15.2. The maximum atomic E-state index is 4.48. The molecular weight excluding hydrogens is 150 g/mol. The van der Waals surface area contributed by atoms with Gasteiger partial charge in [0.15, 0.2) is 0 Å². The van der Waals surface area contributed by atoms with E-state index in [1.54, 1.807) is 0 Å². The summed E-state index contributed by atoms with van der Waals surface area (Å²) < 4.78 is 0. The lowest BCUT2D eigenvalue weighted by Gasteiger charge is -2.04. The van der Waals surface area contributed by atoms with Gasteiger partial charge in [-0.05, 0) is 0 Å². The first kappa shape index (κ1) is 7.68. The molecule has 3 heteroatoms. The van der Waals surface area contributed by atoms with E-state index in [9.17, 15) is 0 Å². The Kier molecular flexibility index (Phi) is 1.81. The highest BCUT2D eigenvalue weighted by molar-refractivity contribution is 5.21. The molecule has 1 aliphatic heterocycles. The van der Waals surface area contributed by atoms with Crippen LogP contribution in [0.3, 0.4) is 0 Å². The Bertz CT molecular complexity index is 294. The summed E-state index contributed by atoms with van der Waals surface area (Å²) in [6.45, 7) is 6.06. The van der Waals surface area contributed by atoms with Crippen LogP contribution in [0.1, 0.15) is 36.8 Å². The van der Waals surface area contributed by atoms with Crippen LogP contribution in [0.15, 0.2) is 6.20 Å². The largest absolute Gasteiger partial charge is 0.307 e. The molecule has 0 fully saturated rings. The molecule has 0 unspecified atom stereocenters. The number of aromatic nitrogens is 2. The van der Waals surface area contributed by atoms with Crippen LogP contribution in [0.2, 0.25) is 0 Å². The molecule has 0 saturated heterocycles. The zero-order valence-corrected chi connectivity index (χ0v) is 7.46. The van der Waals surface area contributed by atoms with Gasteiger partial charge < -0.3 is 5.32 Å². The van der Waals surface area contributed by atoms with Crippen molar-refractivity contribution in [1.29, 1.82) is 0 Å². The van der Waals surface area contributed by atoms with Crippen LogP contribution in [-0.4, -0.2) is 9.97 Å². The third kappa shape index (κ3) is 1.20. The van der Waals surface area contributed by atoms with Crippen molar-refractivity contribution in [2.75, 3.05) is 0 Å². The molecule has 2 heterocycles. The van der Waals surface area contributed by atoms with Crippen LogP contribution in [0, 0.1) is 0 Å². The van der Waals surface area contributed by atoms with E-state index in [2.05, 4.69) is 29.1 Å². The highest BCUT2D eigenvalue weighted by Crippen LogP contribution is 2.15. The topological polar surface area (TPSA) is 37.8 Å². The quantitative estimate of drug-likeness (QED) is 0.676. The maximum absolute atomic E-state index is 4.48. The average Bonchev–Trinajstić information content (AvgIpc) is 2.49. The van der Waals surface area contributed by atoms with Gasteiger partial charge in [-0.1, -0.05) is 13.8 Å². The van der Waals surface area contributed by atoms with E-state index in [0.29, 0.717) is 5.92 Å². The first-order valence-corrected chi connectivity index (χ1v) is 4.33. The molecule has 12 heavy (non-hydrogen) atoms. The van der Waals surface area contributed by atoms with Gasteiger partial charge in [0.1, 0.15) is 5.82 Å². The van der Waals surface area contributed by atoms with Crippen LogP contribution >= 0.6 is 0 Å². The summed E-state index contributed by atoms with van der Waals surface area (Å²) in [5.74, 6) is 1.38. The average molecular weight is 163 g/mol. The van der Waals surface area contributed by atoms with Crippen molar-refractivity contribution in [3.63, 3.8) is 0 Å². The van der Waals surface area contributed by atoms with Crippen molar-refractivity contribution in [3.8, 4) is 0 Å². The second-order valence-corrected chi connectivity index (χ2v) is 3.46. The monoisotopic (exact) mass is 163 g/mol. The van der Waals surface area contributed by atoms with Crippen molar-refractivity contribution in [2.45, 2.75) is 32.9 Å². The van der Waals surface area contributed by atoms with E-state index in [-0.39, 0.29) is 0 Å². The van der Waals surface area contributed by atoms with Crippen molar-refractivity contribution in [2.24, 2.45) is 0 Å². The summed E-state index contributed by atoms with van der Waals surface area (Å²) in [6, 6.07) is 0. The first-order chi connectivity index (χ1) is 5.77. The fraction of sp³-hybridized carbons (Fsp3) is 0.556. The minimum atomic E-state index is 0.427. The summed E-state index contributed by atoms with van der Waals surface area (Å²) >= 11 is 0. The molecule has 0 aliphatic carbocycles. The van der Waals surface area contributed by atoms with Crippen LogP contribution in [0.4, 0.5) is 0 Å². The smallest absolute Gasteiger partial charge is 0.131 e. The fourth-order valence-electron chi connectivity index (χ4n) is 1.35. The Hall–Kier alpha value is -0.960. The van der Waals surface area contributed by atoms with Crippen LogP contribution < -0.4 is 5.32 Å². The van der Waals surface area contributed by atoms with Gasteiger partial charge >= 0.3 is 0 Å². The molecule has 0 saturated carbocycles. The standard InChI is InChI=1S/C9H13N3/c1-6(2)9-11-4-7-3-10-5-8(7)12-9/h4,6,10H,3,5H2,1-2H3. The SMILES string of the molecule is CC(C)c1ncc2c(n1)CNC2. The van der Waals surface area contributed by atoms with E-state index in [4.69, 9.17) is 0 Å². The van der Waals surface area contributed by atoms with Gasteiger partial charge in [0.2, 0.25) is 0 Å². The van der Waals surface area contributed by atoms with E-state index in [0.717, 1.165) is 18.9 Å². The van der Waals surface area contributed by atoms with Crippen molar-refractivity contribution >= 4 is 0 Å². The molecule has 1 N–H and O–H groups in total. The van der Waals surface area contributed by atoms with E-state index in [1.165, 1.54) is 11.3 Å². The Labute approximate surface area is 72.2 Å². The summed E-state index contributed by atoms with van der Waals surface area (Å²) in [7, 11) is 0. The zero-order valence-electron chi connectivity index (χ0n) is 7.46. The van der Waals surface area contributed by atoms with E-state index < -0.39 is 0 Å². The highest BCUT2D eigenvalue weighted by atomic mass is 15.0. The molecule has 1 aromatic rings. The van der Waals surface area contributed by atoms with Crippen molar-refractivity contribution in [1.82, 2.24) is 15.3 Å². The molecule has 64 valence electrons. The van der Waals surface area contributed by atoms with Crippen molar-refractivity contribution < 1.29 is 0 Å². The fourth-order valence-corrected chi connectivity index (χ4v) is 1.35. The molecule has 3 nitrogen and oxygen atoms in total. The molecule has 2 rings (SSSR count). The maximum Gasteiger partial charge on any atom is 0.131 e. The number of rotatable bonds is 1. The summed E-state index contributed by atoms with van der Waals surface area (Å²) in [5, 5.41) is 3.25. The van der Waals surface area contributed by atoms with Crippen molar-refractivity contribution in [3.05, 3.63) is 23.3 Å². The molecule has 0 amide bonds. The van der Waals surface area contributed by atoms with Gasteiger partial charge in [0.25, 0.3) is 0 Å². The lowest BCUT2D eigenvalue weighted by Crippen LogP contribution is -2.02. The lowest BCUT2D eigenvalue weighted by atomic mass is 10.2. The minimum Gasteiger partial charge on any atom is -0.307 e. The number of nitrogens with one attached hydrogen (secondary N) is 1. The van der Waals surface area contributed by atoms with Gasteiger partial charge in [0.05, 0.1) is 5.69 Å². The number of hydrogen-bond acceptors (Lipinski definition) is 3. The third-order valence-corrected chi connectivity index (χ3v) is 2.10. The lowest BCUT2D eigenvalue weighted by molar-refractivity contribution is 0.741. The zero-order chi connectivity index (χ0) is 8.55. The van der Waals surface area contributed by atoms with Gasteiger partial charge in [-0.15, -0.1) is 0 Å². The van der Waals surface area contributed by atoms with E-state index >= 15 is 0 Å². The number of fused-ring (bicyclic) bond motifs is 1. The predicted octanol–water partition coefficient (Wildman–Crippen LogP) is 1.20. The van der Waals surface area contributed by atoms with Crippen LogP contribution in [0.25, 0.3) is 0 Å². The summed E-state index contributed by atoms with van der Waals surface area (Å²) in [6.07, 6.45) is 1.94. The van der Waals surface area contributed by atoms with Gasteiger partial charge in [0, 0.05) is 30.8 Å². The summed E-state index contributed by atoms with van der Waals surface area (Å²) in [4.78, 5) is 8.78. The number of hydrogen-bond donors (Lipinski definition) is 1. The van der Waals surface area contributed by atoms with Gasteiger partial charge in [-0.25, -0.2) is 9.97 Å². The molecule has 1 aliphatic rings. The molecule has 0 aromatic carbocycles. The van der Waals surface area contributed by atoms with Crippen LogP contribution in [0.5, 0.6) is 0 Å². The second kappa shape index (κ2) is 2.83. The second-order valence-electron chi connectivity index (χ2n) is 3.46. The Morgan fingerprint density at radius 2 is 2.25 bits per heavy atom. The molecule has 0 atom stereocenters. The molecule has 0 spiro atoms. The molecule has 1 aromatic heterocycles. The number of nitrogens with zero attached hydrogens (tertiary/aromatic N) is 2. The summed E-state index contributed by atoms with van der Waals surface area (Å²) in [5.41, 5.74) is 2.42. The molecule has 0 radical (unpaired) electrons. The highest BCUT2D eigenvalue weighted by Gasteiger charge is 2.13. The predicted molar refractivity (Wildman–Crippen MR) is 46.7 cm³/mol. The Morgan fingerprint density at radius 1 is 1.42 bits per heavy atom. The third-order valence-electron chi connectivity index (χ3n) is 2.10.